The molecule has 0 aromatic heterocycles. The number of aliphatic hydroxyl groups excluding tert-OH is 1. The summed E-state index contributed by atoms with van der Waals surface area (Å²) < 4.78 is 19.1. The van der Waals surface area contributed by atoms with E-state index in [1.165, 1.54) is 0 Å². The minimum absolute atomic E-state index is 0.00474. The van der Waals surface area contributed by atoms with E-state index in [9.17, 15) is 9.90 Å². The van der Waals surface area contributed by atoms with Crippen LogP contribution in [0.1, 0.15) is 41.6 Å². The van der Waals surface area contributed by atoms with E-state index in [0.717, 1.165) is 52.2 Å². The van der Waals surface area contributed by atoms with Gasteiger partial charge in [-0.25, -0.2) is 4.79 Å². The molecule has 1 saturated heterocycles. The van der Waals surface area contributed by atoms with Gasteiger partial charge in [0.25, 0.3) is 0 Å². The lowest BCUT2D eigenvalue weighted by Crippen LogP contribution is -2.43. The molecule has 2 amide bonds. The maximum absolute atomic E-state index is 12.7. The van der Waals surface area contributed by atoms with Crippen LogP contribution in [0.3, 0.4) is 0 Å². The van der Waals surface area contributed by atoms with Crippen LogP contribution in [-0.4, -0.2) is 42.3 Å². The summed E-state index contributed by atoms with van der Waals surface area (Å²) >= 11 is 0. The Hall–Kier alpha value is -5.25. The minimum Gasteiger partial charge on any atom is -0.457 e. The SMILES string of the molecule is C=CCN(C)C[C@@H]1O[C@H](c2ccc(-c3cccc(CNC(=O)Nc4ccc(Oc5ccccc5)cc4)c3)cc2)O[C@H](c2ccc(CO)cc2)[C@@H]1C. The Morgan fingerprint density at radius 1 is 0.824 bits per heavy atom. The monoisotopic (exact) mass is 683 g/mol. The Balaban J connectivity index is 1.08. The average Bonchev–Trinajstić information content (AvgIpc) is 3.16. The van der Waals surface area contributed by atoms with E-state index in [-0.39, 0.29) is 30.8 Å². The largest absolute Gasteiger partial charge is 0.457 e. The first kappa shape index (κ1) is 35.6. The van der Waals surface area contributed by atoms with Crippen LogP contribution in [0.15, 0.2) is 140 Å². The normalized spacial score (nSPS) is 18.6. The topological polar surface area (TPSA) is 92.3 Å². The van der Waals surface area contributed by atoms with Crippen LogP contribution in [0.2, 0.25) is 0 Å². The van der Waals surface area contributed by atoms with Gasteiger partial charge in [0, 0.05) is 36.8 Å². The van der Waals surface area contributed by atoms with Crippen molar-refractivity contribution in [2.24, 2.45) is 5.92 Å². The highest BCUT2D eigenvalue weighted by Gasteiger charge is 2.38. The highest BCUT2D eigenvalue weighted by Crippen LogP contribution is 2.42. The molecule has 262 valence electrons. The fourth-order valence-corrected chi connectivity index (χ4v) is 6.21. The number of urea groups is 1. The summed E-state index contributed by atoms with van der Waals surface area (Å²) in [5.41, 5.74) is 6.61. The zero-order chi connectivity index (χ0) is 35.6. The number of aliphatic hydroxyl groups is 1. The van der Waals surface area contributed by atoms with Crippen molar-refractivity contribution in [2.45, 2.75) is 38.6 Å². The smallest absolute Gasteiger partial charge is 0.319 e. The molecule has 1 aliphatic rings. The van der Waals surface area contributed by atoms with E-state index >= 15 is 0 Å². The highest BCUT2D eigenvalue weighted by molar-refractivity contribution is 5.89. The number of likely N-dealkylation sites (N-methyl/N-ethyl adjacent to an activating group) is 1. The second-order valence-electron chi connectivity index (χ2n) is 12.9. The van der Waals surface area contributed by atoms with Crippen LogP contribution in [0.5, 0.6) is 11.5 Å². The van der Waals surface area contributed by atoms with Gasteiger partial charge in [-0.05, 0) is 77.3 Å². The first-order chi connectivity index (χ1) is 24.9. The standard InChI is InChI=1S/C43H45N3O5/c1-4-25-46(3)28-40-30(2)41(34-15-13-31(29-47)14-16-34)51-42(50-40)35-19-17-33(18-20-35)36-10-8-9-32(26-36)27-44-43(48)45-37-21-23-39(24-22-37)49-38-11-6-5-7-12-38/h4-24,26,30,40-42,47H,1,25,27-29H2,2-3H3,(H2,44,45,48)/t30-,40+,41+,42+/m1/s1. The Kier molecular flexibility index (Phi) is 11.9. The number of anilines is 1. The van der Waals surface area contributed by atoms with Crippen LogP contribution in [0, 0.1) is 5.92 Å². The van der Waals surface area contributed by atoms with E-state index in [1.54, 1.807) is 0 Å². The summed E-state index contributed by atoms with van der Waals surface area (Å²) in [7, 11) is 2.07. The molecule has 51 heavy (non-hydrogen) atoms. The Bertz CT molecular complexity index is 1860. The molecule has 8 heteroatoms. The molecule has 0 radical (unpaired) electrons. The molecular weight excluding hydrogens is 638 g/mol. The molecule has 1 aliphatic heterocycles. The molecule has 3 N–H and O–H groups in total. The molecule has 0 unspecified atom stereocenters. The van der Waals surface area contributed by atoms with Crippen molar-refractivity contribution in [1.29, 1.82) is 0 Å². The van der Waals surface area contributed by atoms with Gasteiger partial charge in [0.05, 0.1) is 18.8 Å². The number of carbonyl (C=O) groups excluding carboxylic acids is 1. The number of para-hydroxylation sites is 1. The fraction of sp³-hybridized carbons (Fsp3) is 0.233. The van der Waals surface area contributed by atoms with Crippen LogP contribution in [0.4, 0.5) is 10.5 Å². The number of amides is 2. The third-order valence-corrected chi connectivity index (χ3v) is 9.04. The third kappa shape index (κ3) is 9.51. The van der Waals surface area contributed by atoms with E-state index in [1.807, 2.05) is 97.1 Å². The van der Waals surface area contributed by atoms with Gasteiger partial charge in [-0.15, -0.1) is 6.58 Å². The molecule has 6 rings (SSSR count). The van der Waals surface area contributed by atoms with Gasteiger partial charge in [0.15, 0.2) is 6.29 Å². The summed E-state index contributed by atoms with van der Waals surface area (Å²) in [4.78, 5) is 14.9. The van der Waals surface area contributed by atoms with Gasteiger partial charge in [-0.2, -0.15) is 0 Å². The number of nitrogens with one attached hydrogen (secondary N) is 2. The number of hydrogen-bond acceptors (Lipinski definition) is 6. The maximum atomic E-state index is 12.7. The van der Waals surface area contributed by atoms with Crippen molar-refractivity contribution in [3.05, 3.63) is 162 Å². The molecule has 5 aromatic carbocycles. The second kappa shape index (κ2) is 17.1. The summed E-state index contributed by atoms with van der Waals surface area (Å²) in [6, 6.07) is 40.9. The summed E-state index contributed by atoms with van der Waals surface area (Å²) in [6.45, 7) is 7.94. The molecule has 8 nitrogen and oxygen atoms in total. The number of benzene rings is 5. The summed E-state index contributed by atoms with van der Waals surface area (Å²) in [6.07, 6.45) is 1.12. The highest BCUT2D eigenvalue weighted by atomic mass is 16.7. The number of ether oxygens (including phenoxy) is 3. The Morgan fingerprint density at radius 2 is 1.53 bits per heavy atom. The van der Waals surface area contributed by atoms with Crippen molar-refractivity contribution in [2.75, 3.05) is 25.5 Å². The number of rotatable bonds is 13. The van der Waals surface area contributed by atoms with E-state index in [4.69, 9.17) is 14.2 Å². The Morgan fingerprint density at radius 3 is 2.24 bits per heavy atom. The second-order valence-corrected chi connectivity index (χ2v) is 12.9. The van der Waals surface area contributed by atoms with Gasteiger partial charge in [0.1, 0.15) is 11.5 Å². The zero-order valence-corrected chi connectivity index (χ0v) is 29.1. The van der Waals surface area contributed by atoms with Crippen LogP contribution in [0.25, 0.3) is 11.1 Å². The van der Waals surface area contributed by atoms with Gasteiger partial charge in [-0.3, -0.25) is 0 Å². The van der Waals surface area contributed by atoms with E-state index < -0.39 is 6.29 Å². The van der Waals surface area contributed by atoms with Crippen molar-refractivity contribution in [3.8, 4) is 22.6 Å². The first-order valence-corrected chi connectivity index (χ1v) is 17.3. The fourth-order valence-electron chi connectivity index (χ4n) is 6.21. The minimum atomic E-state index is -0.540. The predicted octanol–water partition coefficient (Wildman–Crippen LogP) is 8.87. The lowest BCUT2D eigenvalue weighted by atomic mass is 9.90. The molecule has 0 bridgehead atoms. The van der Waals surface area contributed by atoms with E-state index in [0.29, 0.717) is 18.0 Å². The van der Waals surface area contributed by atoms with Gasteiger partial charge < -0.3 is 34.9 Å². The maximum Gasteiger partial charge on any atom is 0.319 e. The number of carbonyl (C=O) groups is 1. The molecule has 0 spiro atoms. The molecule has 5 aromatic rings. The molecule has 1 heterocycles. The van der Waals surface area contributed by atoms with Crippen LogP contribution < -0.4 is 15.4 Å². The lowest BCUT2D eigenvalue weighted by molar-refractivity contribution is -0.275. The summed E-state index contributed by atoms with van der Waals surface area (Å²) in [5, 5.41) is 15.4. The number of hydrogen-bond donors (Lipinski definition) is 3. The quantitative estimate of drug-likeness (QED) is 0.107. The van der Waals surface area contributed by atoms with E-state index in [2.05, 4.69) is 72.5 Å². The van der Waals surface area contributed by atoms with Crippen molar-refractivity contribution in [1.82, 2.24) is 10.2 Å². The third-order valence-electron chi connectivity index (χ3n) is 9.04. The van der Waals surface area contributed by atoms with Crippen LogP contribution >= 0.6 is 0 Å². The van der Waals surface area contributed by atoms with Gasteiger partial charge in [-0.1, -0.05) is 97.9 Å². The average molecular weight is 684 g/mol. The van der Waals surface area contributed by atoms with Crippen molar-refractivity contribution < 1.29 is 24.1 Å². The molecule has 0 aliphatic carbocycles. The first-order valence-electron chi connectivity index (χ1n) is 17.3. The molecular formula is C43H45N3O5. The van der Waals surface area contributed by atoms with Crippen molar-refractivity contribution in [3.63, 3.8) is 0 Å². The van der Waals surface area contributed by atoms with Crippen molar-refractivity contribution >= 4 is 11.7 Å². The zero-order valence-electron chi connectivity index (χ0n) is 29.1. The molecule has 1 fully saturated rings. The van der Waals surface area contributed by atoms with Crippen LogP contribution in [-0.2, 0) is 22.6 Å². The molecule has 4 atom stereocenters. The van der Waals surface area contributed by atoms with Gasteiger partial charge in [0.2, 0.25) is 0 Å². The molecule has 0 saturated carbocycles. The predicted molar refractivity (Wildman–Crippen MR) is 201 cm³/mol. The Labute approximate surface area is 300 Å². The summed E-state index contributed by atoms with van der Waals surface area (Å²) in [5.74, 6) is 1.55. The van der Waals surface area contributed by atoms with Gasteiger partial charge >= 0.3 is 6.03 Å². The lowest BCUT2D eigenvalue weighted by Gasteiger charge is -2.42. The number of nitrogens with zero attached hydrogens (tertiary/aromatic N) is 1.